The highest BCUT2D eigenvalue weighted by atomic mass is 16.5. The van der Waals surface area contributed by atoms with E-state index in [0.717, 1.165) is 26.1 Å². The summed E-state index contributed by atoms with van der Waals surface area (Å²) in [5.74, 6) is 0. The summed E-state index contributed by atoms with van der Waals surface area (Å²) in [6.07, 6.45) is 7.24. The molecule has 3 nitrogen and oxygen atoms in total. The molecule has 2 heterocycles. The Morgan fingerprint density at radius 1 is 1.06 bits per heavy atom. The van der Waals surface area contributed by atoms with Crippen LogP contribution in [0.25, 0.3) is 0 Å². The molecule has 2 saturated heterocycles. The molecule has 0 aromatic rings. The molecule has 18 heavy (non-hydrogen) atoms. The summed E-state index contributed by atoms with van der Waals surface area (Å²) in [4.78, 5) is 2.54. The predicted octanol–water partition coefficient (Wildman–Crippen LogP) is 2.43. The van der Waals surface area contributed by atoms with Gasteiger partial charge in [0, 0.05) is 31.8 Å². The first-order chi connectivity index (χ1) is 8.70. The third-order valence-corrected chi connectivity index (χ3v) is 5.00. The minimum Gasteiger partial charge on any atom is -0.394 e. The summed E-state index contributed by atoms with van der Waals surface area (Å²) >= 11 is 0. The van der Waals surface area contributed by atoms with Crippen molar-refractivity contribution in [1.82, 2.24) is 4.90 Å². The minimum absolute atomic E-state index is 0.0310. The monoisotopic (exact) mass is 255 g/mol. The van der Waals surface area contributed by atoms with Gasteiger partial charge in [-0.3, -0.25) is 4.90 Å². The smallest absolute Gasteiger partial charge is 0.0617 e. The van der Waals surface area contributed by atoms with Crippen molar-refractivity contribution in [2.75, 3.05) is 32.9 Å². The molecule has 0 aromatic carbocycles. The first kappa shape index (κ1) is 14.3. The Morgan fingerprint density at radius 2 is 1.61 bits per heavy atom. The molecule has 0 aromatic heterocycles. The van der Waals surface area contributed by atoms with Crippen LogP contribution < -0.4 is 0 Å². The number of aliphatic hydroxyl groups is 1. The van der Waals surface area contributed by atoms with E-state index in [2.05, 4.69) is 18.7 Å². The SMILES string of the molecule is CCCC1(CCC)CN(C2(CO)CCOCC2)C1. The maximum Gasteiger partial charge on any atom is 0.0617 e. The zero-order chi connectivity index (χ0) is 13.1. The number of aliphatic hydroxyl groups excluding tert-OH is 1. The van der Waals surface area contributed by atoms with Gasteiger partial charge in [-0.25, -0.2) is 0 Å². The first-order valence-electron chi connectivity index (χ1n) is 7.64. The van der Waals surface area contributed by atoms with Gasteiger partial charge >= 0.3 is 0 Å². The lowest BCUT2D eigenvalue weighted by Gasteiger charge is -2.59. The highest BCUT2D eigenvalue weighted by molar-refractivity contribution is 5.04. The topological polar surface area (TPSA) is 32.7 Å². The number of likely N-dealkylation sites (tertiary alicyclic amines) is 1. The van der Waals surface area contributed by atoms with Gasteiger partial charge in [-0.2, -0.15) is 0 Å². The van der Waals surface area contributed by atoms with Gasteiger partial charge in [0.2, 0.25) is 0 Å². The number of rotatable bonds is 6. The van der Waals surface area contributed by atoms with Crippen molar-refractivity contribution in [2.24, 2.45) is 5.41 Å². The van der Waals surface area contributed by atoms with E-state index in [0.29, 0.717) is 12.0 Å². The molecular formula is C15H29NO2. The summed E-state index contributed by atoms with van der Waals surface area (Å²) in [6, 6.07) is 0. The van der Waals surface area contributed by atoms with Gasteiger partial charge in [-0.05, 0) is 31.1 Å². The molecule has 1 N–H and O–H groups in total. The molecule has 106 valence electrons. The second-order valence-electron chi connectivity index (χ2n) is 6.35. The van der Waals surface area contributed by atoms with Crippen LogP contribution in [0.2, 0.25) is 0 Å². The molecular weight excluding hydrogens is 226 g/mol. The zero-order valence-electron chi connectivity index (χ0n) is 12.1. The van der Waals surface area contributed by atoms with Crippen molar-refractivity contribution < 1.29 is 9.84 Å². The van der Waals surface area contributed by atoms with Crippen molar-refractivity contribution in [3.05, 3.63) is 0 Å². The van der Waals surface area contributed by atoms with Gasteiger partial charge in [0.15, 0.2) is 0 Å². The van der Waals surface area contributed by atoms with E-state index < -0.39 is 0 Å². The lowest BCUT2D eigenvalue weighted by atomic mass is 9.69. The third-order valence-electron chi connectivity index (χ3n) is 5.00. The summed E-state index contributed by atoms with van der Waals surface area (Å²) < 4.78 is 5.45. The molecule has 2 aliphatic heterocycles. The van der Waals surface area contributed by atoms with Crippen LogP contribution in [0.5, 0.6) is 0 Å². The average molecular weight is 255 g/mol. The molecule has 0 radical (unpaired) electrons. The van der Waals surface area contributed by atoms with Crippen molar-refractivity contribution in [3.63, 3.8) is 0 Å². The third kappa shape index (κ3) is 2.59. The summed E-state index contributed by atoms with van der Waals surface area (Å²) in [5, 5.41) is 9.81. The summed E-state index contributed by atoms with van der Waals surface area (Å²) in [5.41, 5.74) is 0.577. The maximum atomic E-state index is 9.81. The standard InChI is InChI=1S/C15H29NO2/c1-3-5-14(6-4-2)11-16(12-14)15(13-17)7-9-18-10-8-15/h17H,3-13H2,1-2H3. The van der Waals surface area contributed by atoms with Crippen LogP contribution in [0.3, 0.4) is 0 Å². The van der Waals surface area contributed by atoms with Crippen LogP contribution >= 0.6 is 0 Å². The molecule has 0 amide bonds. The largest absolute Gasteiger partial charge is 0.394 e. The van der Waals surface area contributed by atoms with Gasteiger partial charge in [0.25, 0.3) is 0 Å². The molecule has 3 heteroatoms. The van der Waals surface area contributed by atoms with E-state index in [1.165, 1.54) is 38.8 Å². The van der Waals surface area contributed by atoms with Crippen LogP contribution in [-0.4, -0.2) is 48.5 Å². The number of hydrogen-bond donors (Lipinski definition) is 1. The fourth-order valence-electron chi connectivity index (χ4n) is 3.93. The molecule has 0 aliphatic carbocycles. The van der Waals surface area contributed by atoms with Crippen LogP contribution in [-0.2, 0) is 4.74 Å². The van der Waals surface area contributed by atoms with Crippen molar-refractivity contribution in [3.8, 4) is 0 Å². The number of nitrogens with zero attached hydrogens (tertiary/aromatic N) is 1. The second kappa shape index (κ2) is 5.89. The highest BCUT2D eigenvalue weighted by Gasteiger charge is 2.50. The van der Waals surface area contributed by atoms with Gasteiger partial charge in [0.05, 0.1) is 6.61 Å². The van der Waals surface area contributed by atoms with E-state index >= 15 is 0 Å². The Kier molecular flexibility index (Phi) is 4.68. The lowest BCUT2D eigenvalue weighted by Crippen LogP contribution is -2.67. The predicted molar refractivity (Wildman–Crippen MR) is 73.7 cm³/mol. The Labute approximate surface area is 112 Å². The average Bonchev–Trinajstić information content (AvgIpc) is 2.36. The van der Waals surface area contributed by atoms with Gasteiger partial charge in [-0.15, -0.1) is 0 Å². The highest BCUT2D eigenvalue weighted by Crippen LogP contribution is 2.45. The molecule has 2 aliphatic rings. The zero-order valence-corrected chi connectivity index (χ0v) is 12.1. The number of hydrogen-bond acceptors (Lipinski definition) is 3. The first-order valence-corrected chi connectivity index (χ1v) is 7.64. The van der Waals surface area contributed by atoms with E-state index in [1.807, 2.05) is 0 Å². The molecule has 0 unspecified atom stereocenters. The fourth-order valence-corrected chi connectivity index (χ4v) is 3.93. The van der Waals surface area contributed by atoms with E-state index in [1.54, 1.807) is 0 Å². The fraction of sp³-hybridized carbons (Fsp3) is 1.00. The molecule has 0 bridgehead atoms. The second-order valence-corrected chi connectivity index (χ2v) is 6.35. The normalized spacial score (nSPS) is 26.8. The Morgan fingerprint density at radius 3 is 2.06 bits per heavy atom. The van der Waals surface area contributed by atoms with Crippen molar-refractivity contribution in [1.29, 1.82) is 0 Å². The van der Waals surface area contributed by atoms with Crippen LogP contribution in [0.1, 0.15) is 52.4 Å². The van der Waals surface area contributed by atoms with E-state index in [9.17, 15) is 5.11 Å². The van der Waals surface area contributed by atoms with Gasteiger partial charge in [-0.1, -0.05) is 26.7 Å². The lowest BCUT2D eigenvalue weighted by molar-refractivity contribution is -0.139. The maximum absolute atomic E-state index is 9.81. The minimum atomic E-state index is 0.0310. The Hall–Kier alpha value is -0.120. The molecule has 0 spiro atoms. The Balaban J connectivity index is 1.96. The molecule has 2 rings (SSSR count). The quantitative estimate of drug-likeness (QED) is 0.791. The van der Waals surface area contributed by atoms with E-state index in [-0.39, 0.29) is 5.54 Å². The van der Waals surface area contributed by atoms with Crippen molar-refractivity contribution in [2.45, 2.75) is 57.9 Å². The summed E-state index contributed by atoms with van der Waals surface area (Å²) in [6.45, 7) is 8.87. The van der Waals surface area contributed by atoms with Crippen molar-refractivity contribution >= 4 is 0 Å². The van der Waals surface area contributed by atoms with E-state index in [4.69, 9.17) is 4.74 Å². The van der Waals surface area contributed by atoms with Crippen LogP contribution in [0.15, 0.2) is 0 Å². The summed E-state index contributed by atoms with van der Waals surface area (Å²) in [7, 11) is 0. The van der Waals surface area contributed by atoms with Crippen LogP contribution in [0.4, 0.5) is 0 Å². The van der Waals surface area contributed by atoms with Crippen LogP contribution in [0, 0.1) is 5.41 Å². The Bertz CT molecular complexity index is 247. The van der Waals surface area contributed by atoms with Gasteiger partial charge in [0.1, 0.15) is 0 Å². The molecule has 0 atom stereocenters. The molecule has 2 fully saturated rings. The number of ether oxygens (including phenoxy) is 1. The van der Waals surface area contributed by atoms with Gasteiger partial charge < -0.3 is 9.84 Å². The molecule has 0 saturated carbocycles.